The SMILES string of the molecule is COc1cc(N)ccc1Oc1cc(Cl)cc(/C=C/C#N)c1. The Balaban J connectivity index is 2.33. The van der Waals surface area contributed by atoms with Gasteiger partial charge < -0.3 is 15.2 Å². The van der Waals surface area contributed by atoms with Crippen LogP contribution in [0.2, 0.25) is 5.02 Å². The van der Waals surface area contributed by atoms with Gasteiger partial charge in [0.25, 0.3) is 0 Å². The maximum Gasteiger partial charge on any atom is 0.169 e. The molecule has 5 heteroatoms. The number of anilines is 1. The number of methoxy groups -OCH3 is 1. The third kappa shape index (κ3) is 3.91. The molecule has 0 radical (unpaired) electrons. The molecule has 2 aromatic carbocycles. The van der Waals surface area contributed by atoms with Crippen LogP contribution in [0.15, 0.2) is 42.5 Å². The molecule has 0 saturated heterocycles. The highest BCUT2D eigenvalue weighted by Crippen LogP contribution is 2.34. The Hall–Kier alpha value is -2.64. The van der Waals surface area contributed by atoms with Gasteiger partial charge in [-0.1, -0.05) is 11.6 Å². The molecular weight excluding hydrogens is 288 g/mol. The number of hydrogen-bond acceptors (Lipinski definition) is 4. The molecule has 0 aromatic heterocycles. The molecule has 4 nitrogen and oxygen atoms in total. The Morgan fingerprint density at radius 1 is 1.19 bits per heavy atom. The molecule has 0 fully saturated rings. The molecule has 106 valence electrons. The number of hydrogen-bond donors (Lipinski definition) is 1. The summed E-state index contributed by atoms with van der Waals surface area (Å²) in [6.07, 6.45) is 3.03. The molecule has 2 rings (SSSR count). The van der Waals surface area contributed by atoms with Crippen LogP contribution in [-0.4, -0.2) is 7.11 Å². The van der Waals surface area contributed by atoms with Gasteiger partial charge >= 0.3 is 0 Å². The van der Waals surface area contributed by atoms with Crippen molar-refractivity contribution in [2.75, 3.05) is 12.8 Å². The van der Waals surface area contributed by atoms with Gasteiger partial charge in [-0.25, -0.2) is 0 Å². The van der Waals surface area contributed by atoms with Crippen molar-refractivity contribution in [1.82, 2.24) is 0 Å². The van der Waals surface area contributed by atoms with Crippen LogP contribution in [0.1, 0.15) is 5.56 Å². The first kappa shape index (κ1) is 14.8. The second-order valence-corrected chi connectivity index (χ2v) is 4.63. The van der Waals surface area contributed by atoms with Gasteiger partial charge in [-0.2, -0.15) is 5.26 Å². The average Bonchev–Trinajstić information content (AvgIpc) is 2.46. The van der Waals surface area contributed by atoms with Crippen LogP contribution < -0.4 is 15.2 Å². The zero-order valence-corrected chi connectivity index (χ0v) is 12.1. The van der Waals surface area contributed by atoms with Gasteiger partial charge in [0.1, 0.15) is 5.75 Å². The highest BCUT2D eigenvalue weighted by Gasteiger charge is 2.07. The molecule has 0 unspecified atom stereocenters. The first-order chi connectivity index (χ1) is 10.1. The predicted molar refractivity (Wildman–Crippen MR) is 83.6 cm³/mol. The molecule has 0 heterocycles. The molecule has 2 N–H and O–H groups in total. The monoisotopic (exact) mass is 300 g/mol. The van der Waals surface area contributed by atoms with Gasteiger partial charge in [0.15, 0.2) is 11.5 Å². The van der Waals surface area contributed by atoms with Crippen molar-refractivity contribution in [3.8, 4) is 23.3 Å². The second-order valence-electron chi connectivity index (χ2n) is 4.20. The quantitative estimate of drug-likeness (QED) is 0.676. The second kappa shape index (κ2) is 6.69. The van der Waals surface area contributed by atoms with Crippen molar-refractivity contribution in [2.24, 2.45) is 0 Å². The normalized spacial score (nSPS) is 10.3. The van der Waals surface area contributed by atoms with Gasteiger partial charge in [-0.15, -0.1) is 0 Å². The highest BCUT2D eigenvalue weighted by atomic mass is 35.5. The summed E-state index contributed by atoms with van der Waals surface area (Å²) in [4.78, 5) is 0. The lowest BCUT2D eigenvalue weighted by atomic mass is 10.2. The van der Waals surface area contributed by atoms with Gasteiger partial charge in [0.05, 0.1) is 13.2 Å². The minimum atomic E-state index is 0.513. The van der Waals surface area contributed by atoms with E-state index in [4.69, 9.17) is 32.1 Å². The first-order valence-electron chi connectivity index (χ1n) is 6.10. The average molecular weight is 301 g/mol. The van der Waals surface area contributed by atoms with Crippen LogP contribution in [-0.2, 0) is 0 Å². The fourth-order valence-corrected chi connectivity index (χ4v) is 2.00. The van der Waals surface area contributed by atoms with Crippen LogP contribution >= 0.6 is 11.6 Å². The van der Waals surface area contributed by atoms with E-state index in [9.17, 15) is 0 Å². The van der Waals surface area contributed by atoms with Gasteiger partial charge in [-0.3, -0.25) is 0 Å². The standard InChI is InChI=1S/C16H13ClN2O2/c1-20-16-10-13(19)4-5-15(16)21-14-8-11(3-2-6-18)7-12(17)9-14/h2-5,7-10H,19H2,1H3/b3-2+. The fourth-order valence-electron chi connectivity index (χ4n) is 1.77. The van der Waals surface area contributed by atoms with E-state index in [0.717, 1.165) is 5.56 Å². The third-order valence-corrected chi connectivity index (χ3v) is 2.88. The van der Waals surface area contributed by atoms with Crippen molar-refractivity contribution in [1.29, 1.82) is 5.26 Å². The van der Waals surface area contributed by atoms with E-state index in [0.29, 0.717) is 28.0 Å². The van der Waals surface area contributed by atoms with Crippen molar-refractivity contribution in [3.63, 3.8) is 0 Å². The van der Waals surface area contributed by atoms with Crippen molar-refractivity contribution < 1.29 is 9.47 Å². The molecule has 0 spiro atoms. The van der Waals surface area contributed by atoms with Crippen molar-refractivity contribution in [3.05, 3.63) is 53.1 Å². The summed E-state index contributed by atoms with van der Waals surface area (Å²) in [7, 11) is 1.54. The lowest BCUT2D eigenvalue weighted by Gasteiger charge is -2.11. The molecule has 0 aliphatic heterocycles. The van der Waals surface area contributed by atoms with Crippen LogP contribution in [0.3, 0.4) is 0 Å². The summed E-state index contributed by atoms with van der Waals surface area (Å²) < 4.78 is 11.0. The number of benzene rings is 2. The van der Waals surface area contributed by atoms with Crippen LogP contribution in [0.25, 0.3) is 6.08 Å². The minimum absolute atomic E-state index is 0.513. The number of rotatable bonds is 4. The Bertz CT molecular complexity index is 721. The van der Waals surface area contributed by atoms with Crippen LogP contribution in [0, 0.1) is 11.3 Å². The predicted octanol–water partition coefficient (Wildman–Crippen LogP) is 4.26. The number of nitrogens with zero attached hydrogens (tertiary/aromatic N) is 1. The van der Waals surface area contributed by atoms with Crippen molar-refractivity contribution >= 4 is 23.4 Å². The molecule has 0 aliphatic carbocycles. The lowest BCUT2D eigenvalue weighted by molar-refractivity contribution is 0.379. The summed E-state index contributed by atoms with van der Waals surface area (Å²) in [6, 6.07) is 12.2. The summed E-state index contributed by atoms with van der Waals surface area (Å²) in [5.41, 5.74) is 7.06. The molecule has 2 aromatic rings. The maximum absolute atomic E-state index is 8.57. The van der Waals surface area contributed by atoms with E-state index in [1.807, 2.05) is 6.07 Å². The maximum atomic E-state index is 8.57. The first-order valence-corrected chi connectivity index (χ1v) is 6.48. The Kier molecular flexibility index (Phi) is 4.70. The number of allylic oxidation sites excluding steroid dienone is 1. The molecule has 0 atom stereocenters. The van der Waals surface area contributed by atoms with Gasteiger partial charge in [-0.05, 0) is 42.0 Å². The number of ether oxygens (including phenoxy) is 2. The number of nitrogen functional groups attached to an aromatic ring is 1. The highest BCUT2D eigenvalue weighted by molar-refractivity contribution is 6.30. The molecule has 0 bridgehead atoms. The zero-order valence-electron chi connectivity index (χ0n) is 11.3. The van der Waals surface area contributed by atoms with Gasteiger partial charge in [0, 0.05) is 22.9 Å². The summed E-state index contributed by atoms with van der Waals surface area (Å²) in [5, 5.41) is 9.08. The van der Waals surface area contributed by atoms with E-state index in [1.165, 1.54) is 6.08 Å². The number of halogens is 1. The van der Waals surface area contributed by atoms with E-state index < -0.39 is 0 Å². The third-order valence-electron chi connectivity index (χ3n) is 2.66. The molecule has 0 aliphatic rings. The molecule has 21 heavy (non-hydrogen) atoms. The van der Waals surface area contributed by atoms with E-state index in [2.05, 4.69) is 0 Å². The van der Waals surface area contributed by atoms with Gasteiger partial charge in [0.2, 0.25) is 0 Å². The number of nitriles is 1. The molecule has 0 amide bonds. The summed E-state index contributed by atoms with van der Waals surface area (Å²) in [6.45, 7) is 0. The topological polar surface area (TPSA) is 68.3 Å². The zero-order chi connectivity index (χ0) is 15.2. The minimum Gasteiger partial charge on any atom is -0.493 e. The Morgan fingerprint density at radius 2 is 2.00 bits per heavy atom. The van der Waals surface area contributed by atoms with Crippen LogP contribution in [0.4, 0.5) is 5.69 Å². The smallest absolute Gasteiger partial charge is 0.169 e. The summed E-state index contributed by atoms with van der Waals surface area (Å²) in [5.74, 6) is 1.61. The molecule has 0 saturated carbocycles. The Morgan fingerprint density at radius 3 is 2.71 bits per heavy atom. The summed E-state index contributed by atoms with van der Waals surface area (Å²) >= 11 is 6.05. The Labute approximate surface area is 128 Å². The number of nitrogens with two attached hydrogens (primary N) is 1. The van der Waals surface area contributed by atoms with Crippen LogP contribution in [0.5, 0.6) is 17.2 Å². The van der Waals surface area contributed by atoms with E-state index in [1.54, 1.807) is 49.6 Å². The largest absolute Gasteiger partial charge is 0.493 e. The lowest BCUT2D eigenvalue weighted by Crippen LogP contribution is -1.93. The fraction of sp³-hybridized carbons (Fsp3) is 0.0625. The van der Waals surface area contributed by atoms with Crippen molar-refractivity contribution in [2.45, 2.75) is 0 Å². The van der Waals surface area contributed by atoms with E-state index in [-0.39, 0.29) is 0 Å². The molecular formula is C16H13ClN2O2. The van der Waals surface area contributed by atoms with E-state index >= 15 is 0 Å².